The van der Waals surface area contributed by atoms with Gasteiger partial charge in [-0.15, -0.1) is 0 Å². The topological polar surface area (TPSA) is 6.48 Å². The van der Waals surface area contributed by atoms with Crippen LogP contribution in [0.5, 0.6) is 0 Å². The molecule has 8 aromatic rings. The summed E-state index contributed by atoms with van der Waals surface area (Å²) in [6.45, 7) is 22.7. The van der Waals surface area contributed by atoms with Crippen molar-refractivity contribution in [2.75, 3.05) is 9.80 Å². The van der Waals surface area contributed by atoms with Crippen molar-refractivity contribution in [1.29, 1.82) is 0 Å². The average molecular weight is 972 g/mol. The first-order valence-electron chi connectivity index (χ1n) is 24.4. The van der Waals surface area contributed by atoms with Gasteiger partial charge in [0.05, 0.1) is 22.2 Å². The Balaban J connectivity index is 0.00000317. The molecule has 69 heavy (non-hydrogen) atoms. The number of hydrogen-bond acceptors (Lipinski definition) is 2. The molecule has 0 atom stereocenters. The molecule has 0 N–H and O–H groups in total. The fourth-order valence-corrected chi connectivity index (χ4v) is 10.8. The molecule has 0 unspecified atom stereocenters. The molecule has 2 nitrogen and oxygen atoms in total. The second kappa shape index (κ2) is 21.7. The van der Waals surface area contributed by atoms with Gasteiger partial charge in [0.15, 0.2) is 0 Å². The SMILES string of the molecule is CC(C)c1cc(C(c2ccccc2)(c2ccccc2)c2ccccc2)cc(C(C)C)c1N1[C]N(c2c(C(C)C)cc(C(c3ccccc3)(c3ccccc3)c3ccccc3)cc2C(C)C)C=C1.[Cl][Cu]. The Bertz CT molecular complexity index is 2480. The Morgan fingerprint density at radius 1 is 0.319 bits per heavy atom. The van der Waals surface area contributed by atoms with Gasteiger partial charge in [0.1, 0.15) is 0 Å². The third-order valence-corrected chi connectivity index (χ3v) is 14.0. The van der Waals surface area contributed by atoms with Crippen LogP contribution in [0.25, 0.3) is 0 Å². The number of nitrogens with zero attached hydrogens (tertiary/aromatic N) is 2. The molecule has 0 amide bonds. The second-order valence-electron chi connectivity index (χ2n) is 19.5. The van der Waals surface area contributed by atoms with Crippen molar-refractivity contribution in [3.05, 3.63) is 292 Å². The summed E-state index contributed by atoms with van der Waals surface area (Å²) in [7, 11) is 4.20. The van der Waals surface area contributed by atoms with Gasteiger partial charge in [-0.3, -0.25) is 0 Å². The molecule has 352 valence electrons. The minimum atomic E-state index is -0.551. The van der Waals surface area contributed by atoms with Gasteiger partial charge in [0.25, 0.3) is 0 Å². The van der Waals surface area contributed by atoms with Crippen LogP contribution in [0.15, 0.2) is 219 Å². The molecule has 0 fully saturated rings. The normalized spacial score (nSPS) is 12.9. The van der Waals surface area contributed by atoms with E-state index in [1.807, 2.05) is 0 Å². The van der Waals surface area contributed by atoms with Gasteiger partial charge in [0.2, 0.25) is 6.67 Å². The molecule has 1 heterocycles. The third kappa shape index (κ3) is 9.26. The number of anilines is 2. The van der Waals surface area contributed by atoms with E-state index in [0.717, 1.165) is 0 Å². The summed E-state index contributed by atoms with van der Waals surface area (Å²) >= 11 is 3.66. The van der Waals surface area contributed by atoms with Gasteiger partial charge in [-0.05, 0) is 90.4 Å². The third-order valence-electron chi connectivity index (χ3n) is 14.0. The first kappa shape index (κ1) is 49.3. The number of benzene rings is 8. The van der Waals surface area contributed by atoms with E-state index >= 15 is 0 Å². The molecule has 1 aliphatic rings. The summed E-state index contributed by atoms with van der Waals surface area (Å²) in [5.74, 6) is 0.928. The van der Waals surface area contributed by atoms with Crippen molar-refractivity contribution in [2.45, 2.75) is 89.9 Å². The predicted octanol–water partition coefficient (Wildman–Crippen LogP) is 17.4. The van der Waals surface area contributed by atoms with Crippen LogP contribution in [0.3, 0.4) is 0 Å². The molecule has 0 aliphatic carbocycles. The Morgan fingerprint density at radius 2 is 0.507 bits per heavy atom. The van der Waals surface area contributed by atoms with Crippen LogP contribution >= 0.6 is 10.1 Å². The Morgan fingerprint density at radius 3 is 0.681 bits per heavy atom. The van der Waals surface area contributed by atoms with E-state index in [2.05, 4.69) is 316 Å². The zero-order valence-electron chi connectivity index (χ0n) is 41.2. The summed E-state index contributed by atoms with van der Waals surface area (Å²) < 4.78 is 0. The van der Waals surface area contributed by atoms with E-state index in [9.17, 15) is 0 Å². The van der Waals surface area contributed by atoms with Crippen molar-refractivity contribution in [2.24, 2.45) is 0 Å². The van der Waals surface area contributed by atoms with E-state index in [-0.39, 0.29) is 23.7 Å². The van der Waals surface area contributed by atoms with Crippen LogP contribution in [-0.4, -0.2) is 0 Å². The van der Waals surface area contributed by atoms with Crippen molar-refractivity contribution in [3.63, 3.8) is 0 Å². The van der Waals surface area contributed by atoms with Crippen LogP contribution in [0.2, 0.25) is 0 Å². The number of hydrogen-bond donors (Lipinski definition) is 0. The van der Waals surface area contributed by atoms with Crippen LogP contribution in [0.1, 0.15) is 146 Å². The van der Waals surface area contributed by atoms with Gasteiger partial charge in [-0.1, -0.05) is 262 Å². The molecule has 9 rings (SSSR count). The first-order valence-corrected chi connectivity index (χ1v) is 25.7. The van der Waals surface area contributed by atoms with E-state index < -0.39 is 10.8 Å². The molecular weight excluding hydrogens is 908 g/mol. The molecule has 0 aromatic heterocycles. The number of rotatable bonds is 14. The van der Waals surface area contributed by atoms with Gasteiger partial charge in [0, 0.05) is 12.4 Å². The van der Waals surface area contributed by atoms with Crippen molar-refractivity contribution in [1.82, 2.24) is 0 Å². The summed E-state index contributed by atoms with van der Waals surface area (Å²) in [5, 5.41) is 0. The van der Waals surface area contributed by atoms with Crippen molar-refractivity contribution < 1.29 is 15.1 Å². The zero-order chi connectivity index (χ0) is 48.7. The van der Waals surface area contributed by atoms with E-state index in [0.29, 0.717) is 0 Å². The minimum absolute atomic E-state index is 0.232. The molecule has 8 aromatic carbocycles. The summed E-state index contributed by atoms with van der Waals surface area (Å²) in [6, 6.07) is 76.5. The maximum atomic E-state index is 4.20. The summed E-state index contributed by atoms with van der Waals surface area (Å²) in [4.78, 5) is 4.57. The first-order chi connectivity index (χ1) is 33.6. The predicted molar refractivity (Wildman–Crippen MR) is 289 cm³/mol. The Hall–Kier alpha value is -6.09. The van der Waals surface area contributed by atoms with Crippen molar-refractivity contribution >= 4 is 21.5 Å². The second-order valence-corrected chi connectivity index (χ2v) is 19.5. The number of halogens is 1. The van der Waals surface area contributed by atoms with Gasteiger partial charge >= 0.3 is 25.2 Å². The quantitative estimate of drug-likeness (QED) is 0.0791. The summed E-state index contributed by atoms with van der Waals surface area (Å²) in [6.07, 6.45) is 4.46. The Kier molecular flexibility index (Phi) is 15.5. The molecular formula is C65H64ClCuN2. The molecule has 0 bridgehead atoms. The standard InChI is InChI=1S/C65H64N2.ClH.Cu/c1-46(2)58-41-56(64(50-27-15-9-16-28-50,51-29-17-10-18-30-51)52-31-19-11-20-32-52)42-59(47(3)4)62(58)66-39-40-67(45-66)63-60(48(5)6)43-57(44-61(63)49(7)8)65(53-33-21-12-22-34-53,54-35-23-13-24-36-54)55-37-25-14-26-38-55;;/h9-44,46-49H,1-8H3;1H;/q;;+1/p-1. The molecule has 4 heteroatoms. The Labute approximate surface area is 425 Å². The molecule has 2 radical (unpaired) electrons. The fraction of sp³-hybridized carbons (Fsp3) is 0.215. The van der Waals surface area contributed by atoms with Crippen LogP contribution in [0.4, 0.5) is 11.4 Å². The van der Waals surface area contributed by atoms with E-state index in [4.69, 9.17) is 0 Å². The molecule has 0 saturated carbocycles. The van der Waals surface area contributed by atoms with Gasteiger partial charge in [-0.2, -0.15) is 0 Å². The van der Waals surface area contributed by atoms with Crippen molar-refractivity contribution in [3.8, 4) is 0 Å². The van der Waals surface area contributed by atoms with Gasteiger partial charge in [-0.25, -0.2) is 0 Å². The monoisotopic (exact) mass is 970 g/mol. The zero-order valence-corrected chi connectivity index (χ0v) is 42.9. The van der Waals surface area contributed by atoms with E-state index in [1.165, 1.54) is 78.1 Å². The maximum absolute atomic E-state index is 4.20. The van der Waals surface area contributed by atoms with Gasteiger partial charge < -0.3 is 9.80 Å². The van der Waals surface area contributed by atoms with Crippen LogP contribution in [-0.2, 0) is 25.9 Å². The fourth-order valence-electron chi connectivity index (χ4n) is 10.8. The molecule has 0 saturated heterocycles. The molecule has 0 spiro atoms. The van der Waals surface area contributed by atoms with Crippen LogP contribution < -0.4 is 9.80 Å². The van der Waals surface area contributed by atoms with Crippen LogP contribution in [0, 0.1) is 6.67 Å². The average Bonchev–Trinajstić information content (AvgIpc) is 3.88. The summed E-state index contributed by atoms with van der Waals surface area (Å²) in [5.41, 5.74) is 16.5. The molecule has 1 aliphatic heterocycles. The van der Waals surface area contributed by atoms with E-state index in [1.54, 1.807) is 0 Å².